The van der Waals surface area contributed by atoms with Crippen LogP contribution in [0.15, 0.2) is 30.3 Å². The molecule has 3 rings (SSSR count). The van der Waals surface area contributed by atoms with Crippen molar-refractivity contribution in [1.82, 2.24) is 0 Å². The van der Waals surface area contributed by atoms with Crippen molar-refractivity contribution in [2.75, 3.05) is 7.11 Å². The van der Waals surface area contributed by atoms with E-state index in [0.717, 1.165) is 41.6 Å². The standard InChI is InChI=1S/C17H16O2/c1-11-15(10-18)17-13(9-16(11)19-2)8-7-12-5-3-4-6-14(12)17/h3-6,9-10H,7-8H2,1-2H3. The molecule has 1 aliphatic carbocycles. The van der Waals surface area contributed by atoms with Gasteiger partial charge in [-0.15, -0.1) is 0 Å². The van der Waals surface area contributed by atoms with Gasteiger partial charge in [0.05, 0.1) is 7.11 Å². The van der Waals surface area contributed by atoms with Gasteiger partial charge in [0, 0.05) is 11.1 Å². The van der Waals surface area contributed by atoms with E-state index >= 15 is 0 Å². The summed E-state index contributed by atoms with van der Waals surface area (Å²) in [5.41, 5.74) is 6.51. The maximum Gasteiger partial charge on any atom is 0.151 e. The van der Waals surface area contributed by atoms with Gasteiger partial charge >= 0.3 is 0 Å². The van der Waals surface area contributed by atoms with E-state index in [1.165, 1.54) is 16.7 Å². The summed E-state index contributed by atoms with van der Waals surface area (Å²) in [4.78, 5) is 11.5. The monoisotopic (exact) mass is 252 g/mol. The number of benzene rings is 2. The second-order valence-corrected chi connectivity index (χ2v) is 4.93. The Labute approximate surface area is 113 Å². The van der Waals surface area contributed by atoms with Crippen LogP contribution in [0.5, 0.6) is 5.75 Å². The third kappa shape index (κ3) is 1.75. The maximum atomic E-state index is 11.5. The molecule has 1 aliphatic rings. The quantitative estimate of drug-likeness (QED) is 0.764. The Balaban J connectivity index is 2.35. The summed E-state index contributed by atoms with van der Waals surface area (Å²) in [5.74, 6) is 0.806. The van der Waals surface area contributed by atoms with Crippen molar-refractivity contribution in [3.63, 3.8) is 0 Å². The highest BCUT2D eigenvalue weighted by Crippen LogP contribution is 2.39. The first kappa shape index (κ1) is 12.0. The maximum absolute atomic E-state index is 11.5. The predicted octanol–water partition coefficient (Wildman–Crippen LogP) is 3.58. The zero-order chi connectivity index (χ0) is 13.4. The Kier molecular flexibility index (Phi) is 2.86. The van der Waals surface area contributed by atoms with Gasteiger partial charge in [0.1, 0.15) is 5.75 Å². The molecule has 2 heteroatoms. The minimum atomic E-state index is 0.765. The Bertz CT molecular complexity index is 657. The summed E-state index contributed by atoms with van der Waals surface area (Å²) in [7, 11) is 1.65. The number of aryl methyl sites for hydroxylation is 2. The van der Waals surface area contributed by atoms with Crippen molar-refractivity contribution >= 4 is 6.29 Å². The molecule has 0 heterocycles. The first-order valence-corrected chi connectivity index (χ1v) is 6.50. The molecular weight excluding hydrogens is 236 g/mol. The van der Waals surface area contributed by atoms with Gasteiger partial charge in [-0.2, -0.15) is 0 Å². The van der Waals surface area contributed by atoms with E-state index in [0.29, 0.717) is 0 Å². The van der Waals surface area contributed by atoms with Crippen LogP contribution < -0.4 is 4.74 Å². The van der Waals surface area contributed by atoms with Crippen LogP contribution in [0.3, 0.4) is 0 Å². The number of ether oxygens (including phenoxy) is 1. The first-order chi connectivity index (χ1) is 9.26. The van der Waals surface area contributed by atoms with E-state index in [4.69, 9.17) is 4.74 Å². The molecule has 96 valence electrons. The molecule has 0 aromatic heterocycles. The van der Waals surface area contributed by atoms with E-state index in [1.807, 2.05) is 13.0 Å². The number of methoxy groups -OCH3 is 1. The lowest BCUT2D eigenvalue weighted by Crippen LogP contribution is -2.08. The highest BCUT2D eigenvalue weighted by atomic mass is 16.5. The minimum absolute atomic E-state index is 0.765. The molecule has 0 N–H and O–H groups in total. The number of hydrogen-bond acceptors (Lipinski definition) is 2. The van der Waals surface area contributed by atoms with E-state index in [2.05, 4.69) is 24.3 Å². The smallest absolute Gasteiger partial charge is 0.151 e. The zero-order valence-corrected chi connectivity index (χ0v) is 11.2. The van der Waals surface area contributed by atoms with Crippen molar-refractivity contribution in [1.29, 1.82) is 0 Å². The molecule has 0 unspecified atom stereocenters. The average Bonchev–Trinajstić information content (AvgIpc) is 2.46. The van der Waals surface area contributed by atoms with E-state index in [-0.39, 0.29) is 0 Å². The van der Waals surface area contributed by atoms with Gasteiger partial charge in [-0.05, 0) is 48.1 Å². The van der Waals surface area contributed by atoms with Crippen LogP contribution in [0.1, 0.15) is 27.0 Å². The Morgan fingerprint density at radius 1 is 1.16 bits per heavy atom. The number of carbonyl (C=O) groups excluding carboxylic acids is 1. The molecule has 0 bridgehead atoms. The van der Waals surface area contributed by atoms with Crippen LogP contribution in [0, 0.1) is 6.92 Å². The van der Waals surface area contributed by atoms with Gasteiger partial charge < -0.3 is 4.74 Å². The lowest BCUT2D eigenvalue weighted by molar-refractivity contribution is 0.112. The molecule has 0 amide bonds. The largest absolute Gasteiger partial charge is 0.496 e. The fraction of sp³-hybridized carbons (Fsp3) is 0.235. The topological polar surface area (TPSA) is 26.3 Å². The molecule has 0 radical (unpaired) electrons. The first-order valence-electron chi connectivity index (χ1n) is 6.50. The molecule has 0 spiro atoms. The van der Waals surface area contributed by atoms with Gasteiger partial charge in [-0.3, -0.25) is 4.79 Å². The Morgan fingerprint density at radius 3 is 2.63 bits per heavy atom. The van der Waals surface area contributed by atoms with Gasteiger partial charge in [0.2, 0.25) is 0 Å². The molecular formula is C17H16O2. The van der Waals surface area contributed by atoms with E-state index in [9.17, 15) is 4.79 Å². The summed E-state index contributed by atoms with van der Waals surface area (Å²) in [6, 6.07) is 10.4. The molecule has 2 aromatic carbocycles. The zero-order valence-electron chi connectivity index (χ0n) is 11.2. The van der Waals surface area contributed by atoms with Crippen LogP contribution in [0.2, 0.25) is 0 Å². The fourth-order valence-electron chi connectivity index (χ4n) is 2.96. The summed E-state index contributed by atoms with van der Waals surface area (Å²) in [6.45, 7) is 1.94. The average molecular weight is 252 g/mol. The summed E-state index contributed by atoms with van der Waals surface area (Å²) < 4.78 is 5.38. The van der Waals surface area contributed by atoms with Gasteiger partial charge in [0.15, 0.2) is 6.29 Å². The molecule has 0 atom stereocenters. The second kappa shape index (κ2) is 4.54. The van der Waals surface area contributed by atoms with Crippen LogP contribution in [-0.2, 0) is 12.8 Å². The number of rotatable bonds is 2. The normalized spacial score (nSPS) is 12.5. The molecule has 0 saturated carbocycles. The summed E-state index contributed by atoms with van der Waals surface area (Å²) >= 11 is 0. The summed E-state index contributed by atoms with van der Waals surface area (Å²) in [5, 5.41) is 0. The van der Waals surface area contributed by atoms with Gasteiger partial charge in [-0.25, -0.2) is 0 Å². The van der Waals surface area contributed by atoms with Crippen LogP contribution in [-0.4, -0.2) is 13.4 Å². The highest BCUT2D eigenvalue weighted by molar-refractivity contribution is 5.93. The Hall–Kier alpha value is -2.09. The minimum Gasteiger partial charge on any atom is -0.496 e. The second-order valence-electron chi connectivity index (χ2n) is 4.93. The number of fused-ring (bicyclic) bond motifs is 3. The number of carbonyl (C=O) groups is 1. The van der Waals surface area contributed by atoms with Crippen molar-refractivity contribution < 1.29 is 9.53 Å². The lowest BCUT2D eigenvalue weighted by atomic mass is 9.81. The molecule has 0 saturated heterocycles. The van der Waals surface area contributed by atoms with Crippen molar-refractivity contribution in [3.05, 3.63) is 52.6 Å². The Morgan fingerprint density at radius 2 is 1.89 bits per heavy atom. The van der Waals surface area contributed by atoms with Crippen molar-refractivity contribution in [2.24, 2.45) is 0 Å². The SMILES string of the molecule is COc1cc2c(c(C=O)c1C)-c1ccccc1CC2. The molecule has 2 aromatic rings. The van der Waals surface area contributed by atoms with Crippen LogP contribution in [0.4, 0.5) is 0 Å². The lowest BCUT2D eigenvalue weighted by Gasteiger charge is -2.23. The third-order valence-corrected chi connectivity index (χ3v) is 3.96. The molecule has 2 nitrogen and oxygen atoms in total. The predicted molar refractivity (Wildman–Crippen MR) is 76.0 cm³/mol. The number of aldehydes is 1. The molecule has 0 fully saturated rings. The van der Waals surface area contributed by atoms with Crippen LogP contribution in [0.25, 0.3) is 11.1 Å². The fourth-order valence-corrected chi connectivity index (χ4v) is 2.96. The van der Waals surface area contributed by atoms with E-state index in [1.54, 1.807) is 7.11 Å². The van der Waals surface area contributed by atoms with Gasteiger partial charge in [0.25, 0.3) is 0 Å². The van der Waals surface area contributed by atoms with Crippen molar-refractivity contribution in [2.45, 2.75) is 19.8 Å². The molecule has 0 aliphatic heterocycles. The molecule has 19 heavy (non-hydrogen) atoms. The third-order valence-electron chi connectivity index (χ3n) is 3.96. The van der Waals surface area contributed by atoms with E-state index < -0.39 is 0 Å². The summed E-state index contributed by atoms with van der Waals surface area (Å²) in [6.07, 6.45) is 2.94. The van der Waals surface area contributed by atoms with Crippen molar-refractivity contribution in [3.8, 4) is 16.9 Å². The van der Waals surface area contributed by atoms with Crippen LogP contribution >= 0.6 is 0 Å². The highest BCUT2D eigenvalue weighted by Gasteiger charge is 2.22. The number of hydrogen-bond donors (Lipinski definition) is 0. The van der Waals surface area contributed by atoms with Gasteiger partial charge in [-0.1, -0.05) is 24.3 Å².